The summed E-state index contributed by atoms with van der Waals surface area (Å²) in [5, 5.41) is 0. The Bertz CT molecular complexity index is 900. The van der Waals surface area contributed by atoms with E-state index in [4.69, 9.17) is 0 Å². The molecule has 0 saturated carbocycles. The highest BCUT2D eigenvalue weighted by molar-refractivity contribution is 6.74. The predicted molar refractivity (Wildman–Crippen MR) is 99.4 cm³/mol. The lowest BCUT2D eigenvalue weighted by atomic mass is 9.64. The number of benzene rings is 2. The van der Waals surface area contributed by atoms with E-state index < -0.39 is 0 Å². The predicted octanol–water partition coefficient (Wildman–Crippen LogP) is 1.60. The van der Waals surface area contributed by atoms with Crippen LogP contribution in [0.15, 0.2) is 66.2 Å². The number of rotatable bonds is 0. The minimum Gasteiger partial charge on any atom is -0.0784 e. The molecule has 102 valence electrons. The van der Waals surface area contributed by atoms with Crippen LogP contribution in [-0.4, -0.2) is 14.6 Å². The molecule has 0 spiro atoms. The summed E-state index contributed by atoms with van der Waals surface area (Å²) in [6, 6.07) is 13.7. The molecule has 0 saturated heterocycles. The molecular formula is C20H16B2. The summed E-state index contributed by atoms with van der Waals surface area (Å²) in [4.78, 5) is 0. The van der Waals surface area contributed by atoms with Crippen molar-refractivity contribution in [3.63, 3.8) is 0 Å². The van der Waals surface area contributed by atoms with Gasteiger partial charge in [-0.05, 0) is 28.2 Å². The molecule has 1 aliphatic carbocycles. The molecule has 2 aliphatic heterocycles. The Morgan fingerprint density at radius 2 is 1.55 bits per heavy atom. The molecule has 5 rings (SSSR count). The zero-order valence-corrected chi connectivity index (χ0v) is 12.8. The lowest BCUT2D eigenvalue weighted by Gasteiger charge is -2.08. The van der Waals surface area contributed by atoms with Gasteiger partial charge in [0.1, 0.15) is 0 Å². The Kier molecular flexibility index (Phi) is 2.47. The summed E-state index contributed by atoms with van der Waals surface area (Å²) >= 11 is 0. The van der Waals surface area contributed by atoms with Crippen molar-refractivity contribution >= 4 is 36.5 Å². The van der Waals surface area contributed by atoms with Gasteiger partial charge in [0, 0.05) is 0 Å². The van der Waals surface area contributed by atoms with Gasteiger partial charge in [-0.25, -0.2) is 0 Å². The van der Waals surface area contributed by atoms with Crippen molar-refractivity contribution in [3.05, 3.63) is 71.7 Å². The van der Waals surface area contributed by atoms with Crippen molar-refractivity contribution in [1.29, 1.82) is 0 Å². The van der Waals surface area contributed by atoms with E-state index in [1.807, 2.05) is 0 Å². The summed E-state index contributed by atoms with van der Waals surface area (Å²) < 4.78 is 0. The van der Waals surface area contributed by atoms with Crippen molar-refractivity contribution in [2.75, 3.05) is 0 Å². The molecule has 0 aromatic heterocycles. The summed E-state index contributed by atoms with van der Waals surface area (Å²) in [5.74, 6) is 0.535. The van der Waals surface area contributed by atoms with E-state index in [2.05, 4.69) is 67.6 Å². The van der Waals surface area contributed by atoms with E-state index in [9.17, 15) is 0 Å². The SMILES string of the molecule is C[C@H]1C=CC2=C(C=C1)c1cc3c(cc1B2)-c1ccccc1B3. The van der Waals surface area contributed by atoms with Gasteiger partial charge >= 0.3 is 0 Å². The normalized spacial score (nSPS) is 19.8. The second-order valence-electron chi connectivity index (χ2n) is 6.69. The molecule has 0 unspecified atom stereocenters. The Labute approximate surface area is 132 Å². The third-order valence-corrected chi connectivity index (χ3v) is 5.20. The summed E-state index contributed by atoms with van der Waals surface area (Å²) in [6.07, 6.45) is 9.29. The second-order valence-corrected chi connectivity index (χ2v) is 6.69. The van der Waals surface area contributed by atoms with Gasteiger partial charge in [0.05, 0.1) is 0 Å². The Morgan fingerprint density at radius 3 is 2.50 bits per heavy atom. The molecule has 0 amide bonds. The zero-order valence-electron chi connectivity index (χ0n) is 12.8. The first-order valence-electron chi connectivity index (χ1n) is 8.13. The maximum Gasteiger partial charge on any atom is 0.193 e. The average Bonchev–Trinajstić information content (AvgIpc) is 2.99. The van der Waals surface area contributed by atoms with Gasteiger partial charge in [-0.2, -0.15) is 0 Å². The topological polar surface area (TPSA) is 0 Å². The van der Waals surface area contributed by atoms with Crippen LogP contribution in [0.2, 0.25) is 0 Å². The first kappa shape index (κ1) is 12.3. The maximum atomic E-state index is 2.45. The molecule has 2 heteroatoms. The summed E-state index contributed by atoms with van der Waals surface area (Å²) in [5.41, 5.74) is 11.7. The fourth-order valence-electron chi connectivity index (χ4n) is 4.02. The molecule has 0 fully saturated rings. The van der Waals surface area contributed by atoms with Crippen molar-refractivity contribution in [2.45, 2.75) is 6.92 Å². The number of allylic oxidation sites excluding steroid dienone is 6. The second kappa shape index (κ2) is 4.39. The van der Waals surface area contributed by atoms with Gasteiger partial charge in [-0.15, -0.1) is 0 Å². The van der Waals surface area contributed by atoms with E-state index in [0.717, 1.165) is 14.6 Å². The van der Waals surface area contributed by atoms with Crippen LogP contribution in [0.25, 0.3) is 16.7 Å². The molecule has 2 heterocycles. The van der Waals surface area contributed by atoms with Gasteiger partial charge in [0.15, 0.2) is 14.6 Å². The molecule has 22 heavy (non-hydrogen) atoms. The number of fused-ring (bicyclic) bond motifs is 5. The minimum absolute atomic E-state index is 0.535. The number of hydrogen-bond acceptors (Lipinski definition) is 0. The van der Waals surface area contributed by atoms with Crippen LogP contribution in [0.3, 0.4) is 0 Å². The van der Waals surface area contributed by atoms with E-state index in [-0.39, 0.29) is 0 Å². The molecule has 0 nitrogen and oxygen atoms in total. The van der Waals surface area contributed by atoms with Crippen LogP contribution in [0, 0.1) is 5.92 Å². The van der Waals surface area contributed by atoms with Crippen molar-refractivity contribution in [3.8, 4) is 11.1 Å². The third-order valence-electron chi connectivity index (χ3n) is 5.20. The average molecular weight is 278 g/mol. The molecular weight excluding hydrogens is 262 g/mol. The van der Waals surface area contributed by atoms with E-state index >= 15 is 0 Å². The van der Waals surface area contributed by atoms with Crippen LogP contribution in [0.4, 0.5) is 0 Å². The van der Waals surface area contributed by atoms with E-state index in [0.29, 0.717) is 5.92 Å². The summed E-state index contributed by atoms with van der Waals surface area (Å²) in [7, 11) is 2.16. The summed E-state index contributed by atoms with van der Waals surface area (Å²) in [6.45, 7) is 2.25. The van der Waals surface area contributed by atoms with Crippen molar-refractivity contribution in [2.24, 2.45) is 5.92 Å². The van der Waals surface area contributed by atoms with Gasteiger partial charge in [-0.1, -0.05) is 89.5 Å². The largest absolute Gasteiger partial charge is 0.193 e. The van der Waals surface area contributed by atoms with Gasteiger partial charge in [0.2, 0.25) is 0 Å². The van der Waals surface area contributed by atoms with Crippen LogP contribution >= 0.6 is 0 Å². The monoisotopic (exact) mass is 278 g/mol. The third kappa shape index (κ3) is 1.67. The molecule has 0 N–H and O–H groups in total. The first-order valence-corrected chi connectivity index (χ1v) is 8.13. The molecule has 2 aromatic rings. The standard InChI is InChI=1S/C20H16B2/c1-12-6-8-14-16-11-19-15(10-20(16)22-18(14)9-7-12)13-4-2-3-5-17(13)21-19/h2-12,21-22H,1H3/t12-/m1/s1. The first-order chi connectivity index (χ1) is 10.8. The maximum absolute atomic E-state index is 2.45. The molecule has 2 aromatic carbocycles. The van der Waals surface area contributed by atoms with Crippen LogP contribution in [-0.2, 0) is 0 Å². The highest BCUT2D eigenvalue weighted by Gasteiger charge is 2.26. The van der Waals surface area contributed by atoms with Crippen LogP contribution < -0.4 is 16.4 Å². The Hall–Kier alpha value is -2.21. The van der Waals surface area contributed by atoms with Crippen LogP contribution in [0.1, 0.15) is 12.5 Å². The van der Waals surface area contributed by atoms with Crippen molar-refractivity contribution in [1.82, 2.24) is 0 Å². The quantitative estimate of drug-likeness (QED) is 0.548. The Balaban J connectivity index is 1.67. The van der Waals surface area contributed by atoms with Crippen LogP contribution in [0.5, 0.6) is 0 Å². The van der Waals surface area contributed by atoms with Gasteiger partial charge in [-0.3, -0.25) is 0 Å². The van der Waals surface area contributed by atoms with Gasteiger partial charge in [0.25, 0.3) is 0 Å². The fraction of sp³-hybridized carbons (Fsp3) is 0.100. The zero-order chi connectivity index (χ0) is 14.7. The highest BCUT2D eigenvalue weighted by atomic mass is 14.2. The number of hydrogen-bond donors (Lipinski definition) is 0. The Morgan fingerprint density at radius 1 is 0.773 bits per heavy atom. The molecule has 0 radical (unpaired) electrons. The van der Waals surface area contributed by atoms with E-state index in [1.165, 1.54) is 44.1 Å². The highest BCUT2D eigenvalue weighted by Crippen LogP contribution is 2.30. The van der Waals surface area contributed by atoms with E-state index in [1.54, 1.807) is 0 Å². The van der Waals surface area contributed by atoms with Gasteiger partial charge < -0.3 is 0 Å². The lowest BCUT2D eigenvalue weighted by molar-refractivity contribution is 0.942. The smallest absolute Gasteiger partial charge is 0.0784 e. The molecule has 3 aliphatic rings. The minimum atomic E-state index is 0.535. The molecule has 1 atom stereocenters. The van der Waals surface area contributed by atoms with Crippen molar-refractivity contribution < 1.29 is 0 Å². The lowest BCUT2D eigenvalue weighted by Crippen LogP contribution is -2.24. The molecule has 0 bridgehead atoms. The fourth-order valence-corrected chi connectivity index (χ4v) is 4.02.